The molecule has 0 aliphatic heterocycles. The molecule has 8 heteroatoms. The van der Waals surface area contributed by atoms with E-state index in [1.165, 1.54) is 77.0 Å². The van der Waals surface area contributed by atoms with Crippen LogP contribution in [0.2, 0.25) is 0 Å². The van der Waals surface area contributed by atoms with Crippen molar-refractivity contribution in [1.82, 2.24) is 0 Å². The van der Waals surface area contributed by atoms with Crippen LogP contribution in [0.5, 0.6) is 0 Å². The highest BCUT2D eigenvalue weighted by Crippen LogP contribution is 2.37. The average Bonchev–Trinajstić information content (AvgIpc) is 2.86. The number of hydrogen-bond acceptors (Lipinski definition) is 4. The van der Waals surface area contributed by atoms with Crippen LogP contribution < -0.4 is 0 Å². The molecule has 0 heterocycles. The van der Waals surface area contributed by atoms with E-state index in [9.17, 15) is 19.2 Å². The number of carboxylic acids is 4. The molecule has 2 unspecified atom stereocenters. The Kier molecular flexibility index (Phi) is 18.6. The zero-order valence-corrected chi connectivity index (χ0v) is 23.3. The smallest absolute Gasteiger partial charge is 0.317 e. The summed E-state index contributed by atoms with van der Waals surface area (Å²) in [4.78, 5) is 43.6. The van der Waals surface area contributed by atoms with Gasteiger partial charge in [0.15, 0.2) is 11.8 Å². The van der Waals surface area contributed by atoms with Gasteiger partial charge >= 0.3 is 23.9 Å². The Bertz CT molecular complexity index is 606. The van der Waals surface area contributed by atoms with Crippen molar-refractivity contribution in [3.8, 4) is 0 Å². The molecule has 8 nitrogen and oxygen atoms in total. The van der Waals surface area contributed by atoms with Gasteiger partial charge in [0.1, 0.15) is 0 Å². The molecule has 4 N–H and O–H groups in total. The average molecular weight is 541 g/mol. The second-order valence-corrected chi connectivity index (χ2v) is 11.4. The number of hydrogen-bond donors (Lipinski definition) is 4. The summed E-state index contributed by atoms with van der Waals surface area (Å²) >= 11 is 0. The topological polar surface area (TPSA) is 149 Å². The van der Waals surface area contributed by atoms with E-state index < -0.39 is 35.7 Å². The van der Waals surface area contributed by atoms with Gasteiger partial charge in [-0.1, -0.05) is 128 Å². The fraction of sp³-hybridized carbons (Fsp3) is 0.867. The van der Waals surface area contributed by atoms with Crippen molar-refractivity contribution in [2.75, 3.05) is 0 Å². The Balaban J connectivity index is 2.04. The molecule has 1 saturated carbocycles. The fourth-order valence-corrected chi connectivity index (χ4v) is 6.03. The third kappa shape index (κ3) is 15.3. The molecule has 0 aromatic rings. The SMILES string of the molecule is O=C(O)C(CCCCCCCCCC1CCCCC1CCCCCCCCCC(C(=O)O)C(=O)O)C(=O)O. The van der Waals surface area contributed by atoms with E-state index in [4.69, 9.17) is 20.4 Å². The lowest BCUT2D eigenvalue weighted by atomic mass is 9.74. The Morgan fingerprint density at radius 1 is 0.447 bits per heavy atom. The van der Waals surface area contributed by atoms with Crippen molar-refractivity contribution in [2.45, 2.75) is 141 Å². The summed E-state index contributed by atoms with van der Waals surface area (Å²) in [5, 5.41) is 35.6. The Morgan fingerprint density at radius 3 is 1.00 bits per heavy atom. The van der Waals surface area contributed by atoms with Gasteiger partial charge in [0.25, 0.3) is 0 Å². The zero-order chi connectivity index (χ0) is 28.2. The molecule has 0 radical (unpaired) electrons. The third-order valence-electron chi connectivity index (χ3n) is 8.39. The first kappa shape index (κ1) is 33.9. The lowest BCUT2D eigenvalue weighted by Gasteiger charge is -2.32. The maximum absolute atomic E-state index is 10.9. The van der Waals surface area contributed by atoms with Gasteiger partial charge < -0.3 is 20.4 Å². The number of unbranched alkanes of at least 4 members (excludes halogenated alkanes) is 12. The fourth-order valence-electron chi connectivity index (χ4n) is 6.03. The van der Waals surface area contributed by atoms with Crippen molar-refractivity contribution < 1.29 is 39.6 Å². The van der Waals surface area contributed by atoms with Gasteiger partial charge in [-0.3, -0.25) is 19.2 Å². The molecule has 0 saturated heterocycles. The second-order valence-electron chi connectivity index (χ2n) is 11.4. The van der Waals surface area contributed by atoms with Crippen LogP contribution in [0.3, 0.4) is 0 Å². The highest BCUT2D eigenvalue weighted by molar-refractivity contribution is 5.93. The highest BCUT2D eigenvalue weighted by atomic mass is 16.4. The van der Waals surface area contributed by atoms with Gasteiger partial charge in [0, 0.05) is 0 Å². The number of carbonyl (C=O) groups is 4. The van der Waals surface area contributed by atoms with Crippen LogP contribution in [0.1, 0.15) is 141 Å². The van der Waals surface area contributed by atoms with E-state index in [0.717, 1.165) is 50.4 Å². The van der Waals surface area contributed by atoms with Crippen LogP contribution in [-0.2, 0) is 19.2 Å². The molecular weight excluding hydrogens is 488 g/mol. The summed E-state index contributed by atoms with van der Waals surface area (Å²) in [6.07, 6.45) is 23.5. The number of aliphatic carboxylic acids is 4. The molecular formula is C30H52O8. The lowest BCUT2D eigenvalue weighted by molar-refractivity contribution is -0.156. The van der Waals surface area contributed by atoms with E-state index in [0.29, 0.717) is 12.8 Å². The van der Waals surface area contributed by atoms with Gasteiger partial charge in [-0.2, -0.15) is 0 Å². The van der Waals surface area contributed by atoms with Crippen LogP contribution in [0, 0.1) is 23.7 Å². The molecule has 0 amide bonds. The minimum Gasteiger partial charge on any atom is -0.481 e. The van der Waals surface area contributed by atoms with Crippen LogP contribution in [0.4, 0.5) is 0 Å². The van der Waals surface area contributed by atoms with E-state index in [2.05, 4.69) is 0 Å². The van der Waals surface area contributed by atoms with Crippen LogP contribution in [0.25, 0.3) is 0 Å². The summed E-state index contributed by atoms with van der Waals surface area (Å²) in [7, 11) is 0. The van der Waals surface area contributed by atoms with E-state index >= 15 is 0 Å². The Morgan fingerprint density at radius 2 is 0.711 bits per heavy atom. The van der Waals surface area contributed by atoms with Gasteiger partial charge in [-0.05, 0) is 24.7 Å². The van der Waals surface area contributed by atoms with Crippen LogP contribution in [-0.4, -0.2) is 44.3 Å². The Hall–Kier alpha value is -2.12. The molecule has 0 bridgehead atoms. The van der Waals surface area contributed by atoms with Crippen LogP contribution in [0.15, 0.2) is 0 Å². The van der Waals surface area contributed by atoms with Crippen molar-refractivity contribution in [2.24, 2.45) is 23.7 Å². The van der Waals surface area contributed by atoms with E-state index in [1.54, 1.807) is 0 Å². The minimum absolute atomic E-state index is 0.220. The summed E-state index contributed by atoms with van der Waals surface area (Å²) < 4.78 is 0. The molecule has 1 rings (SSSR count). The molecule has 1 fully saturated rings. The lowest BCUT2D eigenvalue weighted by Crippen LogP contribution is -2.23. The van der Waals surface area contributed by atoms with Crippen molar-refractivity contribution >= 4 is 23.9 Å². The molecule has 0 aromatic carbocycles. The summed E-state index contributed by atoms with van der Waals surface area (Å²) in [5.74, 6) is -5.75. The van der Waals surface area contributed by atoms with E-state index in [-0.39, 0.29) is 12.8 Å². The van der Waals surface area contributed by atoms with Crippen molar-refractivity contribution in [3.05, 3.63) is 0 Å². The first-order valence-corrected chi connectivity index (χ1v) is 15.1. The standard InChI is InChI=1S/C30H52O8/c31-27(32)25(28(33)34)21-13-9-5-1-3-7-11-17-23-19-15-16-20-24(23)18-12-8-4-2-6-10-14-22-26(29(35)36)30(37)38/h23-26H,1-22H2,(H,31,32)(H,33,34)(H,35,36)(H,37,38). The molecule has 38 heavy (non-hydrogen) atoms. The summed E-state index contributed by atoms with van der Waals surface area (Å²) in [5.41, 5.74) is 0. The maximum atomic E-state index is 10.9. The maximum Gasteiger partial charge on any atom is 0.317 e. The summed E-state index contributed by atoms with van der Waals surface area (Å²) in [6, 6.07) is 0. The Labute approximate surface area is 228 Å². The van der Waals surface area contributed by atoms with Gasteiger partial charge in [-0.25, -0.2) is 0 Å². The largest absolute Gasteiger partial charge is 0.481 e. The normalized spacial score (nSPS) is 17.6. The van der Waals surface area contributed by atoms with Crippen molar-refractivity contribution in [1.29, 1.82) is 0 Å². The first-order valence-electron chi connectivity index (χ1n) is 15.1. The van der Waals surface area contributed by atoms with Gasteiger partial charge in [-0.15, -0.1) is 0 Å². The zero-order valence-electron chi connectivity index (χ0n) is 23.3. The predicted molar refractivity (Wildman–Crippen MR) is 146 cm³/mol. The number of rotatable bonds is 24. The molecule has 220 valence electrons. The third-order valence-corrected chi connectivity index (χ3v) is 8.39. The van der Waals surface area contributed by atoms with Gasteiger partial charge in [0.2, 0.25) is 0 Å². The van der Waals surface area contributed by atoms with E-state index in [1.807, 2.05) is 0 Å². The monoisotopic (exact) mass is 540 g/mol. The molecule has 1 aliphatic rings. The summed E-state index contributed by atoms with van der Waals surface area (Å²) in [6.45, 7) is 0. The van der Waals surface area contributed by atoms with Crippen molar-refractivity contribution in [3.63, 3.8) is 0 Å². The molecule has 1 aliphatic carbocycles. The predicted octanol–water partition coefficient (Wildman–Crippen LogP) is 7.39. The highest BCUT2D eigenvalue weighted by Gasteiger charge is 2.26. The molecule has 2 atom stereocenters. The molecule has 0 aromatic heterocycles. The first-order chi connectivity index (χ1) is 18.2. The number of carboxylic acid groups (broad SMARTS) is 4. The van der Waals surface area contributed by atoms with Crippen LogP contribution >= 0.6 is 0 Å². The quantitative estimate of drug-likeness (QED) is 0.0731. The molecule has 0 spiro atoms. The minimum atomic E-state index is -1.27. The second kappa shape index (κ2) is 20.8. The van der Waals surface area contributed by atoms with Gasteiger partial charge in [0.05, 0.1) is 0 Å².